The van der Waals surface area contributed by atoms with Crippen molar-refractivity contribution in [1.29, 1.82) is 0 Å². The third-order valence-corrected chi connectivity index (χ3v) is 3.83. The van der Waals surface area contributed by atoms with Gasteiger partial charge in [0, 0.05) is 0 Å². The topological polar surface area (TPSA) is 18.5 Å². The van der Waals surface area contributed by atoms with E-state index in [2.05, 4.69) is 38.1 Å². The Labute approximate surface area is 135 Å². The van der Waals surface area contributed by atoms with E-state index in [4.69, 9.17) is 9.47 Å². The van der Waals surface area contributed by atoms with Gasteiger partial charge >= 0.3 is 0 Å². The lowest BCUT2D eigenvalue weighted by atomic mass is 9.94. The zero-order valence-electron chi connectivity index (χ0n) is 14.5. The van der Waals surface area contributed by atoms with Crippen molar-refractivity contribution in [1.82, 2.24) is 0 Å². The van der Waals surface area contributed by atoms with Crippen LogP contribution in [0.3, 0.4) is 0 Å². The Morgan fingerprint density at radius 3 is 2.23 bits per heavy atom. The predicted molar refractivity (Wildman–Crippen MR) is 93.6 cm³/mol. The SMILES string of the molecule is CC(C)Oc1ccc(/C2=C/CCCCCC2)cc1OC(C)C. The van der Waals surface area contributed by atoms with Crippen LogP contribution in [0, 0.1) is 0 Å². The summed E-state index contributed by atoms with van der Waals surface area (Å²) >= 11 is 0. The Hall–Kier alpha value is -1.44. The largest absolute Gasteiger partial charge is 0.487 e. The zero-order chi connectivity index (χ0) is 15.9. The summed E-state index contributed by atoms with van der Waals surface area (Å²) in [5.74, 6) is 1.71. The van der Waals surface area contributed by atoms with Crippen molar-refractivity contribution in [3.63, 3.8) is 0 Å². The van der Waals surface area contributed by atoms with Crippen LogP contribution in [-0.4, -0.2) is 12.2 Å². The molecular formula is C20H30O2. The third kappa shape index (κ3) is 5.08. The second-order valence-electron chi connectivity index (χ2n) is 6.68. The van der Waals surface area contributed by atoms with Gasteiger partial charge in [0.05, 0.1) is 12.2 Å². The van der Waals surface area contributed by atoms with E-state index in [-0.39, 0.29) is 12.2 Å². The molecule has 122 valence electrons. The molecule has 0 amide bonds. The summed E-state index contributed by atoms with van der Waals surface area (Å²) in [6, 6.07) is 6.40. The molecule has 22 heavy (non-hydrogen) atoms. The standard InChI is InChI=1S/C20H30O2/c1-15(2)21-19-13-12-18(14-20(19)22-16(3)4)17-10-8-6-5-7-9-11-17/h10,12-16H,5-9,11H2,1-4H3/b17-10+. The number of benzene rings is 1. The van der Waals surface area contributed by atoms with Crippen LogP contribution < -0.4 is 9.47 Å². The van der Waals surface area contributed by atoms with E-state index in [1.165, 1.54) is 49.7 Å². The summed E-state index contributed by atoms with van der Waals surface area (Å²) in [6.45, 7) is 8.20. The Bertz CT molecular complexity index is 500. The number of ether oxygens (including phenoxy) is 2. The minimum Gasteiger partial charge on any atom is -0.487 e. The van der Waals surface area contributed by atoms with Gasteiger partial charge in [-0.05, 0) is 76.6 Å². The first-order chi connectivity index (χ1) is 10.6. The van der Waals surface area contributed by atoms with Gasteiger partial charge in [-0.15, -0.1) is 0 Å². The van der Waals surface area contributed by atoms with Crippen molar-refractivity contribution in [3.05, 3.63) is 29.8 Å². The van der Waals surface area contributed by atoms with Gasteiger partial charge in [0.15, 0.2) is 11.5 Å². The lowest BCUT2D eigenvalue weighted by Gasteiger charge is -2.19. The van der Waals surface area contributed by atoms with Crippen molar-refractivity contribution in [2.45, 2.75) is 78.4 Å². The smallest absolute Gasteiger partial charge is 0.162 e. The second kappa shape index (κ2) is 8.26. The molecule has 1 aromatic rings. The first-order valence-corrected chi connectivity index (χ1v) is 8.73. The number of hydrogen-bond acceptors (Lipinski definition) is 2. The molecule has 0 aliphatic heterocycles. The van der Waals surface area contributed by atoms with Crippen LogP contribution >= 0.6 is 0 Å². The Kier molecular flexibility index (Phi) is 6.35. The highest BCUT2D eigenvalue weighted by Gasteiger charge is 2.12. The molecule has 0 saturated carbocycles. The Morgan fingerprint density at radius 1 is 0.818 bits per heavy atom. The molecule has 0 radical (unpaired) electrons. The normalized spacial score (nSPS) is 18.5. The summed E-state index contributed by atoms with van der Waals surface area (Å²) < 4.78 is 11.9. The molecule has 0 aromatic heterocycles. The summed E-state index contributed by atoms with van der Waals surface area (Å²) in [5.41, 5.74) is 2.75. The minimum absolute atomic E-state index is 0.149. The van der Waals surface area contributed by atoms with Gasteiger partial charge in [0.1, 0.15) is 0 Å². The van der Waals surface area contributed by atoms with Crippen LogP contribution in [0.5, 0.6) is 11.5 Å². The highest BCUT2D eigenvalue weighted by Crippen LogP contribution is 2.34. The maximum Gasteiger partial charge on any atom is 0.162 e. The van der Waals surface area contributed by atoms with Gasteiger partial charge in [0.25, 0.3) is 0 Å². The second-order valence-corrected chi connectivity index (χ2v) is 6.68. The first kappa shape index (κ1) is 16.9. The van der Waals surface area contributed by atoms with E-state index in [0.717, 1.165) is 11.5 Å². The fourth-order valence-electron chi connectivity index (χ4n) is 2.86. The molecule has 0 heterocycles. The molecule has 0 atom stereocenters. The van der Waals surface area contributed by atoms with Crippen LogP contribution in [0.25, 0.3) is 5.57 Å². The van der Waals surface area contributed by atoms with Crippen LogP contribution in [0.15, 0.2) is 24.3 Å². The predicted octanol–water partition coefficient (Wildman–Crippen LogP) is 6.00. The molecule has 0 fully saturated rings. The summed E-state index contributed by atoms with van der Waals surface area (Å²) in [7, 11) is 0. The van der Waals surface area contributed by atoms with Gasteiger partial charge in [-0.1, -0.05) is 25.0 Å². The van der Waals surface area contributed by atoms with Crippen LogP contribution in [-0.2, 0) is 0 Å². The fourth-order valence-corrected chi connectivity index (χ4v) is 2.86. The van der Waals surface area contributed by atoms with E-state index >= 15 is 0 Å². The molecule has 1 aliphatic carbocycles. The lowest BCUT2D eigenvalue weighted by Crippen LogP contribution is -2.11. The number of allylic oxidation sites excluding steroid dienone is 2. The summed E-state index contributed by atoms with van der Waals surface area (Å²) in [6.07, 6.45) is 10.4. The van der Waals surface area contributed by atoms with E-state index in [9.17, 15) is 0 Å². The first-order valence-electron chi connectivity index (χ1n) is 8.73. The molecule has 0 saturated heterocycles. The molecule has 1 aromatic carbocycles. The van der Waals surface area contributed by atoms with Gasteiger partial charge in [0.2, 0.25) is 0 Å². The monoisotopic (exact) mass is 302 g/mol. The molecule has 0 spiro atoms. The quantitative estimate of drug-likeness (QED) is 0.664. The molecule has 0 unspecified atom stereocenters. The van der Waals surface area contributed by atoms with E-state index in [1.54, 1.807) is 0 Å². The van der Waals surface area contributed by atoms with E-state index in [0.29, 0.717) is 0 Å². The number of hydrogen-bond donors (Lipinski definition) is 0. The molecule has 1 aliphatic rings. The molecule has 0 bridgehead atoms. The van der Waals surface area contributed by atoms with Gasteiger partial charge in [-0.2, -0.15) is 0 Å². The highest BCUT2D eigenvalue weighted by atomic mass is 16.5. The van der Waals surface area contributed by atoms with E-state index < -0.39 is 0 Å². The molecule has 2 heteroatoms. The van der Waals surface area contributed by atoms with Gasteiger partial charge in [-0.3, -0.25) is 0 Å². The average Bonchev–Trinajstić information content (AvgIpc) is 2.39. The third-order valence-electron chi connectivity index (χ3n) is 3.83. The van der Waals surface area contributed by atoms with Crippen molar-refractivity contribution in [3.8, 4) is 11.5 Å². The van der Waals surface area contributed by atoms with Gasteiger partial charge < -0.3 is 9.47 Å². The molecule has 0 N–H and O–H groups in total. The molecular weight excluding hydrogens is 272 g/mol. The minimum atomic E-state index is 0.149. The fraction of sp³-hybridized carbons (Fsp3) is 0.600. The highest BCUT2D eigenvalue weighted by molar-refractivity contribution is 5.68. The maximum atomic E-state index is 5.98. The van der Waals surface area contributed by atoms with Crippen molar-refractivity contribution >= 4 is 5.57 Å². The van der Waals surface area contributed by atoms with Crippen LogP contribution in [0.2, 0.25) is 0 Å². The summed E-state index contributed by atoms with van der Waals surface area (Å²) in [5, 5.41) is 0. The van der Waals surface area contributed by atoms with Crippen molar-refractivity contribution in [2.75, 3.05) is 0 Å². The van der Waals surface area contributed by atoms with E-state index in [1.807, 2.05) is 13.8 Å². The van der Waals surface area contributed by atoms with Crippen molar-refractivity contribution in [2.24, 2.45) is 0 Å². The molecule has 2 rings (SSSR count). The molecule has 2 nitrogen and oxygen atoms in total. The lowest BCUT2D eigenvalue weighted by molar-refractivity contribution is 0.199. The number of rotatable bonds is 5. The summed E-state index contributed by atoms with van der Waals surface area (Å²) in [4.78, 5) is 0. The van der Waals surface area contributed by atoms with Crippen molar-refractivity contribution < 1.29 is 9.47 Å². The zero-order valence-corrected chi connectivity index (χ0v) is 14.5. The Balaban J connectivity index is 2.28. The Morgan fingerprint density at radius 2 is 1.50 bits per heavy atom. The van der Waals surface area contributed by atoms with Crippen LogP contribution in [0.4, 0.5) is 0 Å². The average molecular weight is 302 g/mol. The van der Waals surface area contributed by atoms with Crippen LogP contribution in [0.1, 0.15) is 71.8 Å². The maximum absolute atomic E-state index is 5.98. The van der Waals surface area contributed by atoms with Gasteiger partial charge in [-0.25, -0.2) is 0 Å².